The number of phenolic OH excluding ortho intramolecular Hbond substituents is 1. The lowest BCUT2D eigenvalue weighted by Gasteiger charge is -2.03. The highest BCUT2D eigenvalue weighted by Gasteiger charge is 1.99. The van der Waals surface area contributed by atoms with E-state index in [-0.39, 0.29) is 5.75 Å². The number of phenols is 1. The number of aryl methyl sites for hydroxylation is 2. The summed E-state index contributed by atoms with van der Waals surface area (Å²) in [5.74, 6) is 0.267. The number of hydrogen-bond acceptors (Lipinski definition) is 2. The summed E-state index contributed by atoms with van der Waals surface area (Å²) in [6, 6.07) is 3.62. The lowest BCUT2D eigenvalue weighted by Crippen LogP contribution is -1.85. The van der Waals surface area contributed by atoms with E-state index in [4.69, 9.17) is 12.2 Å². The van der Waals surface area contributed by atoms with Gasteiger partial charge in [-0.1, -0.05) is 12.2 Å². The van der Waals surface area contributed by atoms with Gasteiger partial charge in [-0.05, 0) is 37.1 Å². The molecule has 0 amide bonds. The molecule has 1 rings (SSSR count). The molecule has 58 valence electrons. The zero-order valence-electron chi connectivity index (χ0n) is 6.59. The monoisotopic (exact) mass is 166 g/mol. The summed E-state index contributed by atoms with van der Waals surface area (Å²) in [5, 5.41) is 10.8. The van der Waals surface area contributed by atoms with Gasteiger partial charge in [0, 0.05) is 10.9 Å². The molecule has 0 spiro atoms. The highest BCUT2D eigenvalue weighted by Crippen LogP contribution is 2.19. The third-order valence-corrected chi connectivity index (χ3v) is 2.02. The first-order valence-corrected chi connectivity index (χ1v) is 3.87. The molecule has 0 atom stereocenters. The summed E-state index contributed by atoms with van der Waals surface area (Å²) in [6.45, 7) is 3.96. The first-order valence-electron chi connectivity index (χ1n) is 3.40. The van der Waals surface area contributed by atoms with Crippen molar-refractivity contribution in [2.24, 2.45) is 0 Å². The first-order chi connectivity index (χ1) is 5.15. The molecule has 0 aliphatic heterocycles. The van der Waals surface area contributed by atoms with Crippen LogP contribution in [0.15, 0.2) is 12.1 Å². The van der Waals surface area contributed by atoms with E-state index in [0.29, 0.717) is 0 Å². The van der Waals surface area contributed by atoms with Gasteiger partial charge in [0.2, 0.25) is 0 Å². The molecular formula is C9H10OS. The Morgan fingerprint density at radius 2 is 1.82 bits per heavy atom. The molecule has 0 saturated carbocycles. The van der Waals surface area contributed by atoms with Crippen LogP contribution in [0.3, 0.4) is 0 Å². The maximum Gasteiger partial charge on any atom is 0.123 e. The Hall–Kier alpha value is -0.890. The summed E-state index contributed by atoms with van der Waals surface area (Å²) in [7, 11) is 0. The fourth-order valence-electron chi connectivity index (χ4n) is 0.918. The maximum absolute atomic E-state index is 9.32. The normalized spacial score (nSPS) is 9.64. The lowest BCUT2D eigenvalue weighted by molar-refractivity contribution is 0.474. The summed E-state index contributed by atoms with van der Waals surface area (Å²) in [6.07, 6.45) is 0. The van der Waals surface area contributed by atoms with E-state index in [1.165, 1.54) is 5.37 Å². The Balaban J connectivity index is 3.31. The van der Waals surface area contributed by atoms with Crippen LogP contribution in [0.1, 0.15) is 16.7 Å². The van der Waals surface area contributed by atoms with Gasteiger partial charge in [0.15, 0.2) is 0 Å². The topological polar surface area (TPSA) is 20.2 Å². The van der Waals surface area contributed by atoms with Gasteiger partial charge in [-0.2, -0.15) is 0 Å². The minimum Gasteiger partial charge on any atom is -0.507 e. The minimum absolute atomic E-state index is 0.267. The number of benzene rings is 1. The van der Waals surface area contributed by atoms with Gasteiger partial charge in [0.1, 0.15) is 5.75 Å². The molecule has 0 bridgehead atoms. The molecule has 0 radical (unpaired) electrons. The van der Waals surface area contributed by atoms with Crippen LogP contribution in [0.4, 0.5) is 0 Å². The van der Waals surface area contributed by atoms with E-state index in [2.05, 4.69) is 0 Å². The molecule has 11 heavy (non-hydrogen) atoms. The molecule has 0 saturated heterocycles. The van der Waals surface area contributed by atoms with Gasteiger partial charge < -0.3 is 5.11 Å². The molecule has 0 unspecified atom stereocenters. The second kappa shape index (κ2) is 3.01. The molecule has 1 nitrogen and oxygen atoms in total. The van der Waals surface area contributed by atoms with Crippen molar-refractivity contribution in [3.8, 4) is 5.75 Å². The fraction of sp³-hybridized carbons (Fsp3) is 0.222. The van der Waals surface area contributed by atoms with Crippen molar-refractivity contribution in [3.63, 3.8) is 0 Å². The Kier molecular flexibility index (Phi) is 2.25. The van der Waals surface area contributed by atoms with Gasteiger partial charge in [-0.3, -0.25) is 0 Å². The highest BCUT2D eigenvalue weighted by atomic mass is 32.1. The Labute approximate surface area is 71.7 Å². The van der Waals surface area contributed by atoms with E-state index < -0.39 is 0 Å². The number of aromatic hydroxyl groups is 1. The average Bonchev–Trinajstić information content (AvgIpc) is 1.97. The van der Waals surface area contributed by atoms with Gasteiger partial charge in [-0.25, -0.2) is 0 Å². The molecule has 1 N–H and O–H groups in total. The molecule has 1 aromatic rings. The maximum atomic E-state index is 9.32. The van der Waals surface area contributed by atoms with Crippen molar-refractivity contribution >= 4 is 17.6 Å². The third kappa shape index (κ3) is 1.57. The molecule has 0 aromatic heterocycles. The predicted octanol–water partition coefficient (Wildman–Crippen LogP) is 2.36. The van der Waals surface area contributed by atoms with Crippen molar-refractivity contribution in [2.75, 3.05) is 0 Å². The second-order valence-corrected chi connectivity index (χ2v) is 2.85. The van der Waals surface area contributed by atoms with Crippen molar-refractivity contribution in [1.82, 2.24) is 0 Å². The van der Waals surface area contributed by atoms with Crippen molar-refractivity contribution in [3.05, 3.63) is 28.8 Å². The Morgan fingerprint density at radius 3 is 2.36 bits per heavy atom. The quantitative estimate of drug-likeness (QED) is 0.646. The first kappa shape index (κ1) is 8.21. The molecule has 1 aromatic carbocycles. The Bertz CT molecular complexity index is 292. The van der Waals surface area contributed by atoms with Crippen molar-refractivity contribution in [1.29, 1.82) is 0 Å². The number of rotatable bonds is 1. The van der Waals surface area contributed by atoms with Crippen molar-refractivity contribution in [2.45, 2.75) is 13.8 Å². The standard InChI is InChI=1S/C9H10OS/c1-6-3-8(5-11)9(10)4-7(6)2/h3-5,10H,1-2H3. The van der Waals surface area contributed by atoms with Gasteiger partial charge in [-0.15, -0.1) is 0 Å². The summed E-state index contributed by atoms with van der Waals surface area (Å²) < 4.78 is 0. The zero-order chi connectivity index (χ0) is 8.43. The number of thiocarbonyl (C=S) groups is 1. The molecule has 2 heteroatoms. The molecule has 0 fully saturated rings. The molecule has 0 aliphatic carbocycles. The van der Waals surface area contributed by atoms with Crippen LogP contribution in [0.25, 0.3) is 0 Å². The van der Waals surface area contributed by atoms with Crippen LogP contribution in [-0.2, 0) is 0 Å². The predicted molar refractivity (Wildman–Crippen MR) is 50.3 cm³/mol. The zero-order valence-corrected chi connectivity index (χ0v) is 7.40. The van der Waals surface area contributed by atoms with Gasteiger partial charge in [0.25, 0.3) is 0 Å². The van der Waals surface area contributed by atoms with Gasteiger partial charge >= 0.3 is 0 Å². The van der Waals surface area contributed by atoms with Gasteiger partial charge in [0.05, 0.1) is 0 Å². The van der Waals surface area contributed by atoms with Crippen molar-refractivity contribution < 1.29 is 5.11 Å². The largest absolute Gasteiger partial charge is 0.507 e. The SMILES string of the molecule is Cc1cc(O)c(C=S)cc1C. The molecule has 0 aliphatic rings. The van der Waals surface area contributed by atoms with Crippen LogP contribution >= 0.6 is 12.2 Å². The smallest absolute Gasteiger partial charge is 0.123 e. The van der Waals surface area contributed by atoms with Crippen LogP contribution in [0, 0.1) is 13.8 Å². The summed E-state index contributed by atoms with van der Waals surface area (Å²) >= 11 is 4.72. The average molecular weight is 166 g/mol. The van der Waals surface area contributed by atoms with Crippen LogP contribution in [0.5, 0.6) is 5.75 Å². The van der Waals surface area contributed by atoms with E-state index in [1.54, 1.807) is 6.07 Å². The minimum atomic E-state index is 0.267. The number of hydrogen-bond donors (Lipinski definition) is 1. The van der Waals surface area contributed by atoms with Crippen LogP contribution < -0.4 is 0 Å². The van der Waals surface area contributed by atoms with E-state index >= 15 is 0 Å². The third-order valence-electron chi connectivity index (χ3n) is 1.77. The molecule has 0 heterocycles. The van der Waals surface area contributed by atoms with E-state index in [1.807, 2.05) is 19.9 Å². The second-order valence-electron chi connectivity index (χ2n) is 2.61. The lowest BCUT2D eigenvalue weighted by atomic mass is 10.1. The summed E-state index contributed by atoms with van der Waals surface area (Å²) in [5.41, 5.74) is 2.96. The van der Waals surface area contributed by atoms with E-state index in [9.17, 15) is 5.11 Å². The highest BCUT2D eigenvalue weighted by molar-refractivity contribution is 7.79. The van der Waals surface area contributed by atoms with Crippen LogP contribution in [-0.4, -0.2) is 10.5 Å². The summed E-state index contributed by atoms with van der Waals surface area (Å²) in [4.78, 5) is 0. The fourth-order valence-corrected chi connectivity index (χ4v) is 1.11. The molecular weight excluding hydrogens is 156 g/mol. The van der Waals surface area contributed by atoms with E-state index in [0.717, 1.165) is 16.7 Å². The van der Waals surface area contributed by atoms with Crippen LogP contribution in [0.2, 0.25) is 0 Å². The Morgan fingerprint density at radius 1 is 1.27 bits per heavy atom.